The molecule has 0 fully saturated rings. The van der Waals surface area contributed by atoms with Crippen molar-refractivity contribution in [1.29, 1.82) is 5.26 Å². The fraction of sp³-hybridized carbons (Fsp3) is 0.312. The van der Waals surface area contributed by atoms with Gasteiger partial charge >= 0.3 is 0 Å². The van der Waals surface area contributed by atoms with E-state index in [-0.39, 0.29) is 0 Å². The highest BCUT2D eigenvalue weighted by Gasteiger charge is 2.05. The lowest BCUT2D eigenvalue weighted by molar-refractivity contribution is 0.199. The number of aromatic nitrogens is 1. The minimum absolute atomic E-state index is 0.706. The molecule has 0 aliphatic heterocycles. The van der Waals surface area contributed by atoms with E-state index in [0.717, 1.165) is 30.8 Å². The molecule has 0 amide bonds. The standard InChI is InChI=1S/C16H19N3O/c1-20-10-8-18-12-16-7-4-9-19(16)13-15-6-3-2-5-14(15)11-17/h2-7,9,18H,8,10,12-13H2,1H3. The van der Waals surface area contributed by atoms with Crippen molar-refractivity contribution in [3.05, 3.63) is 59.4 Å². The average Bonchev–Trinajstić information content (AvgIpc) is 2.91. The first-order valence-electron chi connectivity index (χ1n) is 6.67. The SMILES string of the molecule is COCCNCc1cccn1Cc1ccccc1C#N. The van der Waals surface area contributed by atoms with E-state index in [1.54, 1.807) is 7.11 Å². The van der Waals surface area contributed by atoms with Gasteiger partial charge in [0.15, 0.2) is 0 Å². The normalized spacial score (nSPS) is 10.4. The molecule has 104 valence electrons. The molecule has 2 rings (SSSR count). The van der Waals surface area contributed by atoms with Crippen LogP contribution in [0.15, 0.2) is 42.6 Å². The van der Waals surface area contributed by atoms with Crippen LogP contribution in [0.4, 0.5) is 0 Å². The van der Waals surface area contributed by atoms with E-state index >= 15 is 0 Å². The first-order chi connectivity index (χ1) is 9.85. The Morgan fingerprint density at radius 3 is 2.90 bits per heavy atom. The molecule has 0 atom stereocenters. The monoisotopic (exact) mass is 269 g/mol. The summed E-state index contributed by atoms with van der Waals surface area (Å²) in [5.74, 6) is 0. The van der Waals surface area contributed by atoms with Crippen molar-refractivity contribution in [3.63, 3.8) is 0 Å². The highest BCUT2D eigenvalue weighted by atomic mass is 16.5. The third kappa shape index (κ3) is 3.70. The van der Waals surface area contributed by atoms with Crippen molar-refractivity contribution in [1.82, 2.24) is 9.88 Å². The van der Waals surface area contributed by atoms with Crippen LogP contribution in [0.3, 0.4) is 0 Å². The summed E-state index contributed by atoms with van der Waals surface area (Å²) in [6.07, 6.45) is 2.04. The molecule has 1 N–H and O–H groups in total. The zero-order chi connectivity index (χ0) is 14.2. The Bertz CT molecular complexity index is 583. The third-order valence-electron chi connectivity index (χ3n) is 3.19. The maximum absolute atomic E-state index is 9.13. The van der Waals surface area contributed by atoms with Crippen molar-refractivity contribution in [3.8, 4) is 6.07 Å². The maximum atomic E-state index is 9.13. The number of hydrogen-bond acceptors (Lipinski definition) is 3. The second-order valence-electron chi connectivity index (χ2n) is 4.57. The van der Waals surface area contributed by atoms with Gasteiger partial charge in [-0.15, -0.1) is 0 Å². The number of methoxy groups -OCH3 is 1. The van der Waals surface area contributed by atoms with Crippen molar-refractivity contribution in [2.45, 2.75) is 13.1 Å². The van der Waals surface area contributed by atoms with Gasteiger partial charge in [-0.2, -0.15) is 5.26 Å². The molecular formula is C16H19N3O. The van der Waals surface area contributed by atoms with Crippen LogP contribution in [0.1, 0.15) is 16.8 Å². The topological polar surface area (TPSA) is 50.0 Å². The van der Waals surface area contributed by atoms with Crippen LogP contribution in [-0.2, 0) is 17.8 Å². The average molecular weight is 269 g/mol. The smallest absolute Gasteiger partial charge is 0.0995 e. The van der Waals surface area contributed by atoms with Crippen LogP contribution >= 0.6 is 0 Å². The van der Waals surface area contributed by atoms with Crippen molar-refractivity contribution >= 4 is 0 Å². The molecule has 0 saturated carbocycles. The molecule has 4 nitrogen and oxygen atoms in total. The van der Waals surface area contributed by atoms with Gasteiger partial charge in [0, 0.05) is 38.6 Å². The number of ether oxygens (including phenoxy) is 1. The molecule has 0 unspecified atom stereocenters. The Hall–Kier alpha value is -2.09. The lowest BCUT2D eigenvalue weighted by Crippen LogP contribution is -2.20. The zero-order valence-corrected chi connectivity index (χ0v) is 11.7. The van der Waals surface area contributed by atoms with Gasteiger partial charge in [-0.05, 0) is 23.8 Å². The van der Waals surface area contributed by atoms with Gasteiger partial charge in [-0.3, -0.25) is 0 Å². The van der Waals surface area contributed by atoms with Crippen LogP contribution < -0.4 is 5.32 Å². The molecule has 1 aromatic carbocycles. The Kier molecular flexibility index (Phi) is 5.36. The minimum atomic E-state index is 0.706. The van der Waals surface area contributed by atoms with Crippen LogP contribution in [0.5, 0.6) is 0 Å². The van der Waals surface area contributed by atoms with E-state index in [1.165, 1.54) is 5.69 Å². The van der Waals surface area contributed by atoms with E-state index in [2.05, 4.69) is 22.0 Å². The summed E-state index contributed by atoms with van der Waals surface area (Å²) in [7, 11) is 1.70. The predicted octanol–water partition coefficient (Wildman–Crippen LogP) is 2.14. The molecular weight excluding hydrogens is 250 g/mol. The molecule has 0 saturated heterocycles. The highest BCUT2D eigenvalue weighted by Crippen LogP contribution is 2.12. The van der Waals surface area contributed by atoms with Gasteiger partial charge in [0.1, 0.15) is 0 Å². The van der Waals surface area contributed by atoms with Crippen molar-refractivity contribution < 1.29 is 4.74 Å². The van der Waals surface area contributed by atoms with Gasteiger partial charge in [-0.25, -0.2) is 0 Å². The lowest BCUT2D eigenvalue weighted by atomic mass is 10.1. The van der Waals surface area contributed by atoms with E-state index in [1.807, 2.05) is 36.5 Å². The van der Waals surface area contributed by atoms with Crippen LogP contribution in [0.25, 0.3) is 0 Å². The number of benzene rings is 1. The quantitative estimate of drug-likeness (QED) is 0.783. The van der Waals surface area contributed by atoms with E-state index in [0.29, 0.717) is 6.61 Å². The van der Waals surface area contributed by atoms with Gasteiger partial charge in [0.05, 0.1) is 18.2 Å². The van der Waals surface area contributed by atoms with Gasteiger partial charge in [0.2, 0.25) is 0 Å². The summed E-state index contributed by atoms with van der Waals surface area (Å²) in [4.78, 5) is 0. The molecule has 0 bridgehead atoms. The summed E-state index contributed by atoms with van der Waals surface area (Å²) in [5.41, 5.74) is 2.98. The molecule has 0 radical (unpaired) electrons. The maximum Gasteiger partial charge on any atom is 0.0995 e. The first kappa shape index (κ1) is 14.3. The summed E-state index contributed by atoms with van der Waals surface area (Å²) in [6, 6.07) is 14.1. The van der Waals surface area contributed by atoms with E-state index in [9.17, 15) is 0 Å². The molecule has 4 heteroatoms. The number of rotatable bonds is 7. The molecule has 0 spiro atoms. The second kappa shape index (κ2) is 7.49. The number of nitrogens with zero attached hydrogens (tertiary/aromatic N) is 2. The number of hydrogen-bond donors (Lipinski definition) is 1. The van der Waals surface area contributed by atoms with Crippen LogP contribution in [0.2, 0.25) is 0 Å². The fourth-order valence-corrected chi connectivity index (χ4v) is 2.11. The van der Waals surface area contributed by atoms with Gasteiger partial charge in [-0.1, -0.05) is 18.2 Å². The Labute approximate surface area is 119 Å². The summed E-state index contributed by atoms with van der Waals surface area (Å²) >= 11 is 0. The molecule has 0 aliphatic rings. The summed E-state index contributed by atoms with van der Waals surface area (Å²) in [5, 5.41) is 12.5. The summed E-state index contributed by atoms with van der Waals surface area (Å²) < 4.78 is 7.17. The van der Waals surface area contributed by atoms with Gasteiger partial charge in [0.25, 0.3) is 0 Å². The summed E-state index contributed by atoms with van der Waals surface area (Å²) in [6.45, 7) is 3.05. The lowest BCUT2D eigenvalue weighted by Gasteiger charge is -2.11. The van der Waals surface area contributed by atoms with Crippen LogP contribution in [0, 0.1) is 11.3 Å². The first-order valence-corrected chi connectivity index (χ1v) is 6.67. The Morgan fingerprint density at radius 2 is 2.10 bits per heavy atom. The number of nitrogens with one attached hydrogen (secondary N) is 1. The molecule has 0 aliphatic carbocycles. The van der Waals surface area contributed by atoms with Crippen molar-refractivity contribution in [2.75, 3.05) is 20.3 Å². The largest absolute Gasteiger partial charge is 0.383 e. The van der Waals surface area contributed by atoms with Crippen LogP contribution in [-0.4, -0.2) is 24.8 Å². The van der Waals surface area contributed by atoms with Crippen molar-refractivity contribution in [2.24, 2.45) is 0 Å². The Morgan fingerprint density at radius 1 is 1.25 bits per heavy atom. The second-order valence-corrected chi connectivity index (χ2v) is 4.57. The predicted molar refractivity (Wildman–Crippen MR) is 78.3 cm³/mol. The number of nitriles is 1. The third-order valence-corrected chi connectivity index (χ3v) is 3.19. The molecule has 1 aromatic heterocycles. The van der Waals surface area contributed by atoms with E-state index < -0.39 is 0 Å². The van der Waals surface area contributed by atoms with E-state index in [4.69, 9.17) is 10.00 Å². The zero-order valence-electron chi connectivity index (χ0n) is 11.7. The highest BCUT2D eigenvalue weighted by molar-refractivity contribution is 5.37. The van der Waals surface area contributed by atoms with Gasteiger partial charge < -0.3 is 14.6 Å². The molecule has 20 heavy (non-hydrogen) atoms. The fourth-order valence-electron chi connectivity index (χ4n) is 2.11. The molecule has 1 heterocycles. The molecule has 2 aromatic rings. The minimum Gasteiger partial charge on any atom is -0.383 e. The Balaban J connectivity index is 2.03.